The van der Waals surface area contributed by atoms with E-state index < -0.39 is 10.0 Å². The topological polar surface area (TPSA) is 133 Å². The molecule has 0 aliphatic carbocycles. The van der Waals surface area contributed by atoms with Gasteiger partial charge in [0.25, 0.3) is 10.0 Å². The number of nitrogens with one attached hydrogen (secondary N) is 2. The van der Waals surface area contributed by atoms with Gasteiger partial charge in [-0.2, -0.15) is 8.42 Å². The number of aryl methyl sites for hydroxylation is 1. The Morgan fingerprint density at radius 1 is 1.00 bits per heavy atom. The summed E-state index contributed by atoms with van der Waals surface area (Å²) in [6, 6.07) is 10.6. The van der Waals surface area contributed by atoms with Crippen molar-refractivity contribution in [2.24, 2.45) is 7.05 Å². The molecule has 2 N–H and O–H groups in total. The number of hydrogen-bond donors (Lipinski definition) is 2. The van der Waals surface area contributed by atoms with E-state index in [4.69, 9.17) is 14.2 Å². The molecule has 0 unspecified atom stereocenters. The van der Waals surface area contributed by atoms with Gasteiger partial charge in [0.2, 0.25) is 0 Å². The van der Waals surface area contributed by atoms with Gasteiger partial charge in [0.1, 0.15) is 11.6 Å². The number of ether oxygens (including phenoxy) is 3. The summed E-state index contributed by atoms with van der Waals surface area (Å²) in [7, 11) is 4.48. The highest BCUT2D eigenvalue weighted by molar-refractivity contribution is 7.92. The van der Waals surface area contributed by atoms with Crippen LogP contribution in [-0.4, -0.2) is 67.8 Å². The van der Waals surface area contributed by atoms with E-state index in [1.807, 2.05) is 32.0 Å². The Labute approximate surface area is 228 Å². The predicted octanol–water partition coefficient (Wildman–Crippen LogP) is 3.78. The lowest BCUT2D eigenvalue weighted by Crippen LogP contribution is -2.17. The lowest BCUT2D eigenvalue weighted by atomic mass is 10.2. The van der Waals surface area contributed by atoms with E-state index in [0.717, 1.165) is 6.42 Å². The maximum absolute atomic E-state index is 13.4. The van der Waals surface area contributed by atoms with E-state index in [9.17, 15) is 8.42 Å². The molecule has 0 fully saturated rings. The molecule has 0 saturated heterocycles. The molecule has 4 aromatic rings. The highest BCUT2D eigenvalue weighted by Crippen LogP contribution is 2.42. The van der Waals surface area contributed by atoms with Crippen LogP contribution in [-0.2, 0) is 23.6 Å². The summed E-state index contributed by atoms with van der Waals surface area (Å²) in [6.07, 6.45) is 2.24. The smallest absolute Gasteiger partial charge is 0.282 e. The summed E-state index contributed by atoms with van der Waals surface area (Å²) in [4.78, 5) is 15.5. The van der Waals surface area contributed by atoms with E-state index in [1.54, 1.807) is 41.9 Å². The Bertz CT molecular complexity index is 1570. The lowest BCUT2D eigenvalue weighted by Gasteiger charge is -2.19. The number of imidazole rings is 1. The third-order valence-corrected chi connectivity index (χ3v) is 6.88. The summed E-state index contributed by atoms with van der Waals surface area (Å²) in [5, 5.41) is 3.06. The second kappa shape index (κ2) is 11.7. The largest absolute Gasteiger partial charge is 0.497 e. The van der Waals surface area contributed by atoms with Gasteiger partial charge in [0.15, 0.2) is 28.2 Å². The lowest BCUT2D eigenvalue weighted by molar-refractivity contribution is 0.294. The number of hydrogen-bond acceptors (Lipinski definition) is 10. The molecular weight excluding hydrogens is 522 g/mol. The molecule has 0 aliphatic heterocycles. The van der Waals surface area contributed by atoms with Gasteiger partial charge < -0.3 is 29.0 Å². The number of aromatic nitrogens is 4. The number of sulfonamides is 1. The van der Waals surface area contributed by atoms with Gasteiger partial charge in [0, 0.05) is 25.4 Å². The first kappa shape index (κ1) is 27.9. The van der Waals surface area contributed by atoms with Crippen LogP contribution in [0.1, 0.15) is 19.2 Å². The van der Waals surface area contributed by atoms with E-state index in [0.29, 0.717) is 52.9 Å². The van der Waals surface area contributed by atoms with E-state index in [2.05, 4.69) is 25.0 Å². The molecule has 0 saturated carbocycles. The number of methoxy groups -OCH3 is 2. The Kier molecular flexibility index (Phi) is 8.41. The third-order valence-electron chi connectivity index (χ3n) is 5.67. The Morgan fingerprint density at radius 3 is 2.31 bits per heavy atom. The van der Waals surface area contributed by atoms with E-state index >= 15 is 0 Å². The number of anilines is 3. The standard InChI is InChI=1S/C26H33N7O5S/c1-7-12-38-24-20(13-17(36-5)14-21(24)37-6)29-25-26(28-19-11-9-8-10-18(19)27-25)31-39(34,35)23-16-33(4)22(30-23)15-32(2)3/h8-11,13-14,16H,7,12,15H2,1-6H3,(H,27,29)(H,28,31). The van der Waals surface area contributed by atoms with Gasteiger partial charge in [0.05, 0.1) is 44.1 Å². The quantitative estimate of drug-likeness (QED) is 0.266. The molecule has 2 heterocycles. The molecule has 4 rings (SSSR count). The van der Waals surface area contributed by atoms with Crippen molar-refractivity contribution in [3.63, 3.8) is 0 Å². The number of benzene rings is 2. The molecule has 0 aliphatic rings. The summed E-state index contributed by atoms with van der Waals surface area (Å²) in [6.45, 7) is 2.91. The van der Waals surface area contributed by atoms with Crippen LogP contribution in [0.5, 0.6) is 17.2 Å². The van der Waals surface area contributed by atoms with E-state index in [1.165, 1.54) is 20.4 Å². The van der Waals surface area contributed by atoms with Gasteiger partial charge in [-0.05, 0) is 32.6 Å². The summed E-state index contributed by atoms with van der Waals surface area (Å²) in [5.41, 5.74) is 1.55. The fraction of sp³-hybridized carbons (Fsp3) is 0.346. The predicted molar refractivity (Wildman–Crippen MR) is 150 cm³/mol. The Morgan fingerprint density at radius 2 is 1.69 bits per heavy atom. The van der Waals surface area contributed by atoms with Gasteiger partial charge in [-0.15, -0.1) is 0 Å². The Hall–Kier alpha value is -4.10. The van der Waals surface area contributed by atoms with Crippen LogP contribution in [0.3, 0.4) is 0 Å². The van der Waals surface area contributed by atoms with Crippen molar-refractivity contribution in [1.29, 1.82) is 0 Å². The monoisotopic (exact) mass is 555 g/mol. The van der Waals surface area contributed by atoms with Gasteiger partial charge in [-0.1, -0.05) is 19.1 Å². The average Bonchev–Trinajstić information content (AvgIpc) is 3.27. The molecule has 13 heteroatoms. The van der Waals surface area contributed by atoms with Crippen molar-refractivity contribution in [2.45, 2.75) is 24.9 Å². The first-order valence-corrected chi connectivity index (χ1v) is 13.8. The van der Waals surface area contributed by atoms with Crippen LogP contribution in [0, 0.1) is 0 Å². The van der Waals surface area contributed by atoms with Crippen molar-refractivity contribution >= 4 is 38.4 Å². The second-order valence-electron chi connectivity index (χ2n) is 9.04. The molecule has 0 atom stereocenters. The van der Waals surface area contributed by atoms with Crippen LogP contribution in [0.25, 0.3) is 11.0 Å². The van der Waals surface area contributed by atoms with Gasteiger partial charge in [-0.3, -0.25) is 4.72 Å². The molecular formula is C26H33N7O5S. The maximum Gasteiger partial charge on any atom is 0.282 e. The zero-order chi connectivity index (χ0) is 28.2. The summed E-state index contributed by atoms with van der Waals surface area (Å²) < 4.78 is 48.1. The first-order chi connectivity index (χ1) is 18.6. The number of nitrogens with zero attached hydrogens (tertiary/aromatic N) is 5. The maximum atomic E-state index is 13.4. The van der Waals surface area contributed by atoms with Crippen molar-refractivity contribution in [2.75, 3.05) is 45.0 Å². The minimum atomic E-state index is -4.11. The van der Waals surface area contributed by atoms with Gasteiger partial charge in [-0.25, -0.2) is 15.0 Å². The minimum absolute atomic E-state index is 0.00302. The molecule has 2 aromatic carbocycles. The molecule has 208 valence electrons. The van der Waals surface area contributed by atoms with Crippen LogP contribution in [0.4, 0.5) is 17.3 Å². The molecule has 39 heavy (non-hydrogen) atoms. The minimum Gasteiger partial charge on any atom is -0.497 e. The van der Waals surface area contributed by atoms with Crippen LogP contribution in [0.2, 0.25) is 0 Å². The SMILES string of the molecule is CCCOc1c(Nc2nc3ccccc3nc2NS(=O)(=O)c2cn(C)c(CN(C)C)n2)cc(OC)cc1OC. The van der Waals surface area contributed by atoms with Crippen molar-refractivity contribution in [1.82, 2.24) is 24.4 Å². The third kappa shape index (κ3) is 6.32. The number of fused-ring (bicyclic) bond motifs is 1. The molecule has 0 radical (unpaired) electrons. The molecule has 12 nitrogen and oxygen atoms in total. The van der Waals surface area contributed by atoms with Crippen molar-refractivity contribution in [3.8, 4) is 17.2 Å². The average molecular weight is 556 g/mol. The highest BCUT2D eigenvalue weighted by atomic mass is 32.2. The molecule has 2 aromatic heterocycles. The zero-order valence-electron chi connectivity index (χ0n) is 22.8. The molecule has 0 amide bonds. The zero-order valence-corrected chi connectivity index (χ0v) is 23.7. The number of para-hydroxylation sites is 2. The number of rotatable bonds is 12. The first-order valence-electron chi connectivity index (χ1n) is 12.3. The van der Waals surface area contributed by atoms with E-state index in [-0.39, 0.29) is 16.7 Å². The highest BCUT2D eigenvalue weighted by Gasteiger charge is 2.24. The normalized spacial score (nSPS) is 11.6. The van der Waals surface area contributed by atoms with Crippen molar-refractivity contribution in [3.05, 3.63) is 48.4 Å². The summed E-state index contributed by atoms with van der Waals surface area (Å²) >= 11 is 0. The van der Waals surface area contributed by atoms with Gasteiger partial charge >= 0.3 is 0 Å². The molecule has 0 spiro atoms. The van der Waals surface area contributed by atoms with Crippen molar-refractivity contribution < 1.29 is 22.6 Å². The second-order valence-corrected chi connectivity index (χ2v) is 10.7. The van der Waals surface area contributed by atoms with Crippen LogP contribution < -0.4 is 24.2 Å². The van der Waals surface area contributed by atoms with Crippen LogP contribution >= 0.6 is 0 Å². The molecule has 0 bridgehead atoms. The fourth-order valence-electron chi connectivity index (χ4n) is 3.79. The fourth-order valence-corrected chi connectivity index (χ4v) is 4.82. The van der Waals surface area contributed by atoms with Crippen LogP contribution in [0.15, 0.2) is 47.6 Å². The Balaban J connectivity index is 1.80. The summed E-state index contributed by atoms with van der Waals surface area (Å²) in [5.74, 6) is 2.15.